The topological polar surface area (TPSA) is 65.8 Å². The van der Waals surface area contributed by atoms with E-state index in [4.69, 9.17) is 4.99 Å². The number of nitrogens with zero attached hydrogens (tertiary/aromatic N) is 5. The van der Waals surface area contributed by atoms with Crippen LogP contribution in [-0.2, 0) is 18.4 Å². The van der Waals surface area contributed by atoms with Gasteiger partial charge in [0.05, 0.1) is 18.8 Å². The van der Waals surface area contributed by atoms with Crippen LogP contribution in [0.25, 0.3) is 0 Å². The monoisotopic (exact) mass is 510 g/mol. The van der Waals surface area contributed by atoms with Crippen LogP contribution < -0.4 is 5.32 Å². The summed E-state index contributed by atoms with van der Waals surface area (Å²) in [6.07, 6.45) is 2.42. The second-order valence-electron chi connectivity index (χ2n) is 7.62. The molecule has 0 aliphatic carbocycles. The van der Waals surface area contributed by atoms with Crippen molar-refractivity contribution in [2.75, 3.05) is 27.7 Å². The average Bonchev–Trinajstić information content (AvgIpc) is 3.14. The zero-order chi connectivity index (χ0) is 20.3. The highest BCUT2D eigenvalue weighted by atomic mass is 127. The summed E-state index contributed by atoms with van der Waals surface area (Å²) in [7, 11) is 7.77. The third kappa shape index (κ3) is 5.29. The van der Waals surface area contributed by atoms with E-state index in [-0.39, 0.29) is 41.8 Å². The van der Waals surface area contributed by atoms with Gasteiger partial charge in [-0.2, -0.15) is 5.10 Å². The molecule has 158 valence electrons. The summed E-state index contributed by atoms with van der Waals surface area (Å²) >= 11 is 0. The number of carbonyl (C=O) groups is 1. The van der Waals surface area contributed by atoms with Gasteiger partial charge in [0.15, 0.2) is 5.96 Å². The van der Waals surface area contributed by atoms with Crippen molar-refractivity contribution in [1.29, 1.82) is 0 Å². The predicted molar refractivity (Wildman–Crippen MR) is 126 cm³/mol. The Morgan fingerprint density at radius 2 is 1.97 bits per heavy atom. The molecule has 0 radical (unpaired) electrons. The van der Waals surface area contributed by atoms with E-state index in [1.54, 1.807) is 0 Å². The minimum Gasteiger partial charge on any atom is -0.356 e. The van der Waals surface area contributed by atoms with Gasteiger partial charge in [0, 0.05) is 58.3 Å². The summed E-state index contributed by atoms with van der Waals surface area (Å²) in [5, 5.41) is 7.84. The molecule has 8 heteroatoms. The second-order valence-corrected chi connectivity index (χ2v) is 7.62. The molecule has 1 aromatic carbocycles. The second kappa shape index (κ2) is 10.1. The zero-order valence-electron chi connectivity index (χ0n) is 17.8. The molecule has 2 aromatic rings. The average molecular weight is 510 g/mol. The first kappa shape index (κ1) is 23.2. The lowest BCUT2D eigenvalue weighted by molar-refractivity contribution is -0.127. The maximum atomic E-state index is 12.4. The molecular formula is C21H31IN6O. The Balaban J connectivity index is 0.00000300. The van der Waals surface area contributed by atoms with Gasteiger partial charge in [-0.3, -0.25) is 9.48 Å². The van der Waals surface area contributed by atoms with Gasteiger partial charge in [0.1, 0.15) is 0 Å². The van der Waals surface area contributed by atoms with Gasteiger partial charge in [0.25, 0.3) is 0 Å². The van der Waals surface area contributed by atoms with Gasteiger partial charge >= 0.3 is 0 Å². The van der Waals surface area contributed by atoms with E-state index in [1.807, 2.05) is 67.1 Å². The van der Waals surface area contributed by atoms with Crippen LogP contribution in [0.3, 0.4) is 0 Å². The minimum atomic E-state index is 0. The number of carbonyl (C=O) groups excluding carboxylic acids is 1. The van der Waals surface area contributed by atoms with Crippen LogP contribution in [0.15, 0.2) is 41.5 Å². The van der Waals surface area contributed by atoms with Gasteiger partial charge < -0.3 is 15.1 Å². The van der Waals surface area contributed by atoms with Crippen LogP contribution in [0, 0.1) is 12.8 Å². The van der Waals surface area contributed by atoms with Crippen molar-refractivity contribution in [1.82, 2.24) is 24.9 Å². The number of amides is 1. The molecule has 3 rings (SSSR count). The fourth-order valence-corrected chi connectivity index (χ4v) is 3.73. The smallest absolute Gasteiger partial charge is 0.223 e. The SMILES string of the molecule is Cc1c([C@H]2[C@H](CNC(=NCc3ccccc3)N(C)C)CC(=O)N2C)cnn1C.I. The van der Waals surface area contributed by atoms with Crippen molar-refractivity contribution >= 4 is 35.8 Å². The van der Waals surface area contributed by atoms with Crippen molar-refractivity contribution < 1.29 is 4.79 Å². The van der Waals surface area contributed by atoms with Crippen LogP contribution in [-0.4, -0.2) is 59.1 Å². The largest absolute Gasteiger partial charge is 0.356 e. The quantitative estimate of drug-likeness (QED) is 0.382. The van der Waals surface area contributed by atoms with Gasteiger partial charge in [-0.25, -0.2) is 4.99 Å². The summed E-state index contributed by atoms with van der Waals surface area (Å²) in [5.74, 6) is 1.17. The zero-order valence-corrected chi connectivity index (χ0v) is 20.1. The molecule has 0 spiro atoms. The fraction of sp³-hybridized carbons (Fsp3) is 0.476. The summed E-state index contributed by atoms with van der Waals surface area (Å²) in [4.78, 5) is 21.0. The number of aryl methyl sites for hydroxylation is 1. The van der Waals surface area contributed by atoms with Crippen molar-refractivity contribution in [3.63, 3.8) is 0 Å². The molecule has 1 aliphatic heterocycles. The highest BCUT2D eigenvalue weighted by Gasteiger charge is 2.40. The Morgan fingerprint density at radius 3 is 2.55 bits per heavy atom. The van der Waals surface area contributed by atoms with Gasteiger partial charge in [-0.1, -0.05) is 30.3 Å². The van der Waals surface area contributed by atoms with Crippen LogP contribution in [0.5, 0.6) is 0 Å². The van der Waals surface area contributed by atoms with E-state index < -0.39 is 0 Å². The molecule has 1 aromatic heterocycles. The third-order valence-corrected chi connectivity index (χ3v) is 5.49. The molecule has 0 unspecified atom stereocenters. The van der Waals surface area contributed by atoms with E-state index >= 15 is 0 Å². The molecule has 1 saturated heterocycles. The number of nitrogens with one attached hydrogen (secondary N) is 1. The van der Waals surface area contributed by atoms with Crippen molar-refractivity contribution in [2.45, 2.75) is 25.9 Å². The summed E-state index contributed by atoms with van der Waals surface area (Å²) in [6.45, 7) is 3.35. The maximum Gasteiger partial charge on any atom is 0.223 e. The van der Waals surface area contributed by atoms with Crippen molar-refractivity contribution in [3.8, 4) is 0 Å². The normalized spacial score (nSPS) is 19.3. The maximum absolute atomic E-state index is 12.4. The summed E-state index contributed by atoms with van der Waals surface area (Å²) in [6, 6.07) is 10.2. The van der Waals surface area contributed by atoms with Gasteiger partial charge in [-0.15, -0.1) is 24.0 Å². The lowest BCUT2D eigenvalue weighted by atomic mass is 9.94. The van der Waals surface area contributed by atoms with Crippen LogP contribution in [0.2, 0.25) is 0 Å². The molecule has 1 fully saturated rings. The lowest BCUT2D eigenvalue weighted by Crippen LogP contribution is -2.40. The molecule has 1 amide bonds. The minimum absolute atomic E-state index is 0. The van der Waals surface area contributed by atoms with Crippen molar-refractivity contribution in [2.24, 2.45) is 18.0 Å². The number of likely N-dealkylation sites (tertiary alicyclic amines) is 1. The highest BCUT2D eigenvalue weighted by molar-refractivity contribution is 14.0. The molecule has 0 bridgehead atoms. The Kier molecular flexibility index (Phi) is 8.06. The first-order valence-electron chi connectivity index (χ1n) is 9.62. The van der Waals surface area contributed by atoms with Crippen molar-refractivity contribution in [3.05, 3.63) is 53.3 Å². The lowest BCUT2D eigenvalue weighted by Gasteiger charge is -2.26. The van der Waals surface area contributed by atoms with Crippen LogP contribution >= 0.6 is 24.0 Å². The van der Waals surface area contributed by atoms with Crippen LogP contribution in [0.1, 0.15) is 29.3 Å². The van der Waals surface area contributed by atoms with E-state index in [0.29, 0.717) is 19.5 Å². The summed E-state index contributed by atoms with van der Waals surface area (Å²) in [5.41, 5.74) is 3.39. The molecule has 2 atom stereocenters. The predicted octanol–water partition coefficient (Wildman–Crippen LogP) is 2.57. The Morgan fingerprint density at radius 1 is 1.28 bits per heavy atom. The first-order valence-corrected chi connectivity index (χ1v) is 9.62. The Hall–Kier alpha value is -2.10. The number of hydrogen-bond acceptors (Lipinski definition) is 3. The van der Waals surface area contributed by atoms with Gasteiger partial charge in [0.2, 0.25) is 5.91 Å². The molecule has 29 heavy (non-hydrogen) atoms. The molecule has 0 saturated carbocycles. The standard InChI is InChI=1S/C21H30N6O.HI/c1-15-18(14-24-27(15)5)20-17(11-19(28)26(20)4)13-23-21(25(2)3)22-12-16-9-7-6-8-10-16;/h6-10,14,17,20H,11-13H2,1-5H3,(H,22,23);1H/t17-,20+;/m0./s1. The van der Waals surface area contributed by atoms with Crippen LogP contribution in [0.4, 0.5) is 0 Å². The number of rotatable bonds is 5. The molecule has 7 nitrogen and oxygen atoms in total. The van der Waals surface area contributed by atoms with E-state index in [0.717, 1.165) is 17.2 Å². The number of guanidine groups is 1. The first-order chi connectivity index (χ1) is 13.4. The van der Waals surface area contributed by atoms with E-state index in [9.17, 15) is 4.79 Å². The number of aromatic nitrogens is 2. The molecule has 1 N–H and O–H groups in total. The summed E-state index contributed by atoms with van der Waals surface area (Å²) < 4.78 is 1.86. The van der Waals surface area contributed by atoms with E-state index in [2.05, 4.69) is 29.5 Å². The molecule has 1 aliphatic rings. The third-order valence-electron chi connectivity index (χ3n) is 5.49. The number of benzene rings is 1. The number of hydrogen-bond donors (Lipinski definition) is 1. The van der Waals surface area contributed by atoms with E-state index in [1.165, 1.54) is 5.56 Å². The fourth-order valence-electron chi connectivity index (χ4n) is 3.73. The highest BCUT2D eigenvalue weighted by Crippen LogP contribution is 2.37. The molecule has 2 heterocycles. The Labute approximate surface area is 190 Å². The Bertz CT molecular complexity index is 848. The van der Waals surface area contributed by atoms with Gasteiger partial charge in [-0.05, 0) is 12.5 Å². The number of halogens is 1. The number of aliphatic imine (C=N–C) groups is 1. The molecular weight excluding hydrogens is 479 g/mol.